The first-order chi connectivity index (χ1) is 43.5. The van der Waals surface area contributed by atoms with Gasteiger partial charge in [0.05, 0.1) is 0 Å². The van der Waals surface area contributed by atoms with Crippen LogP contribution >= 0.6 is 14.5 Å². The minimum Gasteiger partial charge on any atom is -0.813 e. The largest absolute Gasteiger partial charge is 0.813 e. The number of thiol groups is 5. The molecule has 0 aliphatic carbocycles. The normalized spacial score (nSPS) is 10.2. The van der Waals surface area contributed by atoms with E-state index in [1.165, 1.54) is 60.6 Å². The van der Waals surface area contributed by atoms with Crippen LogP contribution in [0.25, 0.3) is 0 Å². The van der Waals surface area contributed by atoms with Gasteiger partial charge in [0.15, 0.2) is 0 Å². The number of benzene rings is 12. The molecular formula is C81H75F3Fe4P2S8-6. The predicted octanol–water partition coefficient (Wildman–Crippen LogP) is 15.5. The van der Waals surface area contributed by atoms with Gasteiger partial charge in [-0.25, -0.2) is 13.2 Å². The van der Waals surface area contributed by atoms with Crippen molar-refractivity contribution in [3.8, 4) is 0 Å². The van der Waals surface area contributed by atoms with E-state index in [1.807, 2.05) is 0 Å². The van der Waals surface area contributed by atoms with Crippen LogP contribution in [-0.2, 0) is 212 Å². The second-order valence-electron chi connectivity index (χ2n) is 21.7. The molecule has 0 unspecified atom stereocenters. The van der Waals surface area contributed by atoms with Crippen LogP contribution in [0.15, 0.2) is 312 Å². The molecule has 0 bridgehead atoms. The fourth-order valence-corrected chi connectivity index (χ4v) is 21.8. The number of hydrogen-bond acceptors (Lipinski definition) is 8. The Hall–Kier alpha value is -4.22. The van der Waals surface area contributed by atoms with Gasteiger partial charge in [0.25, 0.3) is 0 Å². The summed E-state index contributed by atoms with van der Waals surface area (Å²) in [5.41, 5.74) is 7.81. The molecule has 0 saturated carbocycles. The summed E-state index contributed by atoms with van der Waals surface area (Å²) in [4.78, 5) is 1.71. The van der Waals surface area contributed by atoms with Crippen molar-refractivity contribution in [1.29, 1.82) is 0 Å². The van der Waals surface area contributed by atoms with Gasteiger partial charge < -0.3 is 105 Å². The van der Waals surface area contributed by atoms with E-state index in [-0.39, 0.29) is 153 Å². The maximum Gasteiger partial charge on any atom is 0.144 e. The van der Waals surface area contributed by atoms with E-state index in [4.69, 9.17) is 37.9 Å². The third-order valence-corrected chi connectivity index (χ3v) is 25.9. The molecule has 98 heavy (non-hydrogen) atoms. The van der Waals surface area contributed by atoms with Crippen molar-refractivity contribution in [2.24, 2.45) is 0 Å². The summed E-state index contributed by atoms with van der Waals surface area (Å²) in [6.45, 7) is 6.21. The van der Waals surface area contributed by atoms with E-state index < -0.39 is 14.5 Å². The summed E-state index contributed by atoms with van der Waals surface area (Å²) in [6, 6.07) is 102. The monoisotopic (exact) mass is 1650 g/mol. The van der Waals surface area contributed by atoms with Gasteiger partial charge >= 0.3 is 0 Å². The van der Waals surface area contributed by atoms with Gasteiger partial charge in [0.2, 0.25) is 0 Å². The van der Waals surface area contributed by atoms with Crippen LogP contribution in [0, 0.1) is 17.5 Å². The number of hydrogen-bond donors (Lipinski definition) is 0. The molecule has 0 fully saturated rings. The van der Waals surface area contributed by atoms with Crippen LogP contribution in [-0.4, -0.2) is 0 Å². The van der Waals surface area contributed by atoms with E-state index in [2.05, 4.69) is 263 Å². The van der Waals surface area contributed by atoms with Gasteiger partial charge in [0.1, 0.15) is 74.4 Å². The average Bonchev–Trinajstić information content (AvgIpc) is 0.754. The van der Waals surface area contributed by atoms with Crippen molar-refractivity contribution in [3.63, 3.8) is 0 Å². The van der Waals surface area contributed by atoms with Crippen molar-refractivity contribution in [2.45, 2.75) is 74.0 Å². The second kappa shape index (κ2) is 45.0. The molecule has 0 N–H and O–H groups in total. The topological polar surface area (TPSA) is 0 Å². The molecule has 0 amide bonds. The summed E-state index contributed by atoms with van der Waals surface area (Å²) in [5, 5.41) is 11.1. The number of halogens is 3. The summed E-state index contributed by atoms with van der Waals surface area (Å²) in [7, 11) is -3.81. The summed E-state index contributed by atoms with van der Waals surface area (Å²) >= 11 is 16.0. The first kappa shape index (κ1) is 91.8. The predicted molar refractivity (Wildman–Crippen MR) is 425 cm³/mol. The van der Waals surface area contributed by atoms with Gasteiger partial charge in [-0.1, -0.05) is 203 Å². The van der Waals surface area contributed by atoms with Gasteiger partial charge in [-0.15, -0.1) is 0 Å². The molecule has 516 valence electrons. The molecule has 12 aromatic rings. The maximum atomic E-state index is 15.0. The molecule has 12 aromatic carbocycles. The van der Waals surface area contributed by atoms with Crippen LogP contribution < -0.4 is 42.4 Å². The van der Waals surface area contributed by atoms with Crippen molar-refractivity contribution >= 4 is 162 Å². The van der Waals surface area contributed by atoms with Crippen LogP contribution in [0.2, 0.25) is 0 Å². The van der Waals surface area contributed by atoms with E-state index in [0.29, 0.717) is 69.9 Å². The average molecular weight is 1650 g/mol. The molecule has 0 spiro atoms. The third-order valence-electron chi connectivity index (χ3n) is 16.5. The molecule has 0 atom stereocenters. The van der Waals surface area contributed by atoms with E-state index in [0.717, 1.165) is 33.4 Å². The Morgan fingerprint density at radius 3 is 0.531 bits per heavy atom. The quantitative estimate of drug-likeness (QED) is 0.0378. The second-order valence-corrected chi connectivity index (χ2v) is 30.0. The van der Waals surface area contributed by atoms with Crippen molar-refractivity contribution in [3.05, 3.63) is 365 Å². The Balaban J connectivity index is 0.000000725. The Morgan fingerprint density at radius 2 is 0.388 bits per heavy atom. The molecule has 0 radical (unpaired) electrons. The molecule has 0 heterocycles. The molecule has 0 saturated heterocycles. The van der Waals surface area contributed by atoms with Crippen molar-refractivity contribution < 1.29 is 81.4 Å². The molecule has 17 heteroatoms. The number of rotatable bonds is 17. The van der Waals surface area contributed by atoms with Crippen molar-refractivity contribution in [1.82, 2.24) is 0 Å². The fourth-order valence-electron chi connectivity index (χ4n) is 12.6. The SMILES string of the molecule is CCc1c(Cc2cc([S-])ccc2F)c(CC)c(Cc2cc([S-])ccc2F)c(CC)c1Cc1cc([S-])ccc1F.[Fe].[Fe].[Fe].[Fe].[SH-].[SH-].[SH-].[SH-].[SH-].c1ccc([P+](c2ccccc2)(c2ccccc2)c2ccccc2)cc1.c1ccc([P+](c2ccccc2)(c2ccccc2)c2ccccc2)cc1. The first-order valence-electron chi connectivity index (χ1n) is 30.3. The minimum absolute atomic E-state index is 0. The molecular weight excluding hydrogens is 1570 g/mol. The van der Waals surface area contributed by atoms with Gasteiger partial charge in [-0.2, -0.15) is 14.7 Å². The van der Waals surface area contributed by atoms with Crippen LogP contribution in [0.1, 0.15) is 70.8 Å². The third kappa shape index (κ3) is 21.2. The summed E-state index contributed by atoms with van der Waals surface area (Å²) < 4.78 is 45.0. The fraction of sp³-hybridized carbons (Fsp3) is 0.111. The molecule has 0 aliphatic rings. The zero-order valence-electron chi connectivity index (χ0n) is 53.9. The first-order valence-corrected chi connectivity index (χ1v) is 35.1. The van der Waals surface area contributed by atoms with Gasteiger partial charge in [0, 0.05) is 87.5 Å². The summed E-state index contributed by atoms with van der Waals surface area (Å²) in [6.07, 6.45) is 3.10. The zero-order chi connectivity index (χ0) is 62.2. The van der Waals surface area contributed by atoms with E-state index in [1.54, 1.807) is 36.4 Å². The molecule has 12 rings (SSSR count). The van der Waals surface area contributed by atoms with E-state index >= 15 is 0 Å². The van der Waals surface area contributed by atoms with Crippen LogP contribution in [0.5, 0.6) is 0 Å². The standard InChI is InChI=1S/C33H33F3S3.2C24H20P.4Fe.5H2S/c1-4-25-28(16-19-13-22(37)7-10-31(19)34)26(5-2)30(18-21-15-24(39)9-12-33(21)36)27(6-3)29(25)17-20-14-23(38)8-11-32(20)35;2*1-5-13-21(14-6-1)25(22-15-7-2-8-16-22,23-17-9-3-10-18-23)24-19-11-4-12-20-24;;;;;;;;;/h7-15,37-39H,4-6,16-18H2,1-3H3;2*1-20H;;;;;5*1H2/q;2*+1;;;;;;;;;/p-8. The van der Waals surface area contributed by atoms with E-state index in [9.17, 15) is 13.2 Å². The van der Waals surface area contributed by atoms with Gasteiger partial charge in [-0.3, -0.25) is 0 Å². The molecule has 0 aliphatic heterocycles. The Bertz CT molecular complexity index is 3570. The zero-order valence-corrected chi connectivity index (χ0v) is 67.1. The maximum absolute atomic E-state index is 15.0. The van der Waals surface area contributed by atoms with Crippen molar-refractivity contribution in [2.75, 3.05) is 0 Å². The minimum atomic E-state index is -1.91. The van der Waals surface area contributed by atoms with Gasteiger partial charge in [-0.05, 0) is 185 Å². The molecule has 0 nitrogen and oxygen atoms in total. The summed E-state index contributed by atoms with van der Waals surface area (Å²) in [5.74, 6) is -0.944. The Kier molecular flexibility index (Phi) is 42.2. The van der Waals surface area contributed by atoms with Crippen LogP contribution in [0.3, 0.4) is 0 Å². The van der Waals surface area contributed by atoms with Crippen LogP contribution in [0.4, 0.5) is 13.2 Å². The Morgan fingerprint density at radius 1 is 0.235 bits per heavy atom. The molecule has 0 aromatic heterocycles. The Labute approximate surface area is 675 Å². The smallest absolute Gasteiger partial charge is 0.144 e.